The van der Waals surface area contributed by atoms with Gasteiger partial charge in [0.1, 0.15) is 6.54 Å². The smallest absolute Gasteiger partial charge is 0.265 e. The predicted molar refractivity (Wildman–Crippen MR) is 70.8 cm³/mol. The summed E-state index contributed by atoms with van der Waals surface area (Å²) in [5, 5.41) is 2.37. The van der Waals surface area contributed by atoms with Crippen LogP contribution >= 0.6 is 0 Å². The van der Waals surface area contributed by atoms with Crippen LogP contribution in [0, 0.1) is 11.8 Å². The van der Waals surface area contributed by atoms with Gasteiger partial charge in [0.05, 0.1) is 0 Å². The van der Waals surface area contributed by atoms with Crippen molar-refractivity contribution in [1.29, 1.82) is 0 Å². The minimum absolute atomic E-state index is 0.103. The molecule has 1 aromatic heterocycles. The molecule has 0 bridgehead atoms. The molecule has 1 N–H and O–H groups in total. The molecule has 0 aliphatic carbocycles. The van der Waals surface area contributed by atoms with Gasteiger partial charge in [-0.3, -0.25) is 19.5 Å². The van der Waals surface area contributed by atoms with Gasteiger partial charge in [-0.2, -0.15) is 0 Å². The average molecular weight is 265 g/mol. The van der Waals surface area contributed by atoms with Gasteiger partial charge in [0.25, 0.3) is 11.1 Å². The first-order valence-corrected chi connectivity index (χ1v) is 6.53. The molecular weight excluding hydrogens is 246 g/mol. The maximum absolute atomic E-state index is 12.2. The Balaban J connectivity index is 2.10. The van der Waals surface area contributed by atoms with Crippen LogP contribution in [-0.2, 0) is 11.3 Å². The number of nitrogens with one attached hydrogen (secondary N) is 1. The van der Waals surface area contributed by atoms with Crippen LogP contribution in [0.1, 0.15) is 20.3 Å². The predicted octanol–water partition coefficient (Wildman–Crippen LogP) is 0.0411. The lowest BCUT2D eigenvalue weighted by atomic mass is 9.92. The van der Waals surface area contributed by atoms with E-state index in [9.17, 15) is 14.4 Å². The number of piperidine rings is 1. The lowest BCUT2D eigenvalue weighted by Gasteiger charge is -2.35. The lowest BCUT2D eigenvalue weighted by molar-refractivity contribution is -0.134. The van der Waals surface area contributed by atoms with Crippen molar-refractivity contribution >= 4 is 5.91 Å². The number of aromatic nitrogens is 2. The average Bonchev–Trinajstić information content (AvgIpc) is 2.32. The van der Waals surface area contributed by atoms with Gasteiger partial charge in [0.15, 0.2) is 0 Å². The van der Waals surface area contributed by atoms with Crippen LogP contribution in [0.25, 0.3) is 0 Å². The molecule has 1 aliphatic heterocycles. The standard InChI is InChI=1S/C13H19N3O3/c1-9-5-10(2)7-15(6-9)13(19)8-16-12(18)4-3-11(17)14-16/h3-4,9-10H,5-8H2,1-2H3,(H,14,17)/t9-,10-/m0/s1. The van der Waals surface area contributed by atoms with E-state index in [2.05, 4.69) is 18.9 Å². The van der Waals surface area contributed by atoms with E-state index in [1.807, 2.05) is 0 Å². The van der Waals surface area contributed by atoms with Gasteiger partial charge < -0.3 is 4.90 Å². The maximum Gasteiger partial charge on any atom is 0.265 e. The summed E-state index contributed by atoms with van der Waals surface area (Å²) in [6.45, 7) is 5.57. The molecule has 1 saturated heterocycles. The molecule has 1 aromatic rings. The highest BCUT2D eigenvalue weighted by atomic mass is 16.2. The van der Waals surface area contributed by atoms with Crippen molar-refractivity contribution in [3.63, 3.8) is 0 Å². The number of likely N-dealkylation sites (tertiary alicyclic amines) is 1. The highest BCUT2D eigenvalue weighted by molar-refractivity contribution is 5.76. The Morgan fingerprint density at radius 1 is 1.26 bits per heavy atom. The number of aromatic amines is 1. The molecule has 0 spiro atoms. The van der Waals surface area contributed by atoms with Gasteiger partial charge in [0.2, 0.25) is 5.91 Å². The minimum Gasteiger partial charge on any atom is -0.341 e. The molecule has 2 rings (SSSR count). The van der Waals surface area contributed by atoms with Gasteiger partial charge in [0, 0.05) is 25.2 Å². The van der Waals surface area contributed by atoms with E-state index in [1.54, 1.807) is 4.90 Å². The summed E-state index contributed by atoms with van der Waals surface area (Å²) >= 11 is 0. The largest absolute Gasteiger partial charge is 0.341 e. The highest BCUT2D eigenvalue weighted by Crippen LogP contribution is 2.20. The Hall–Kier alpha value is -1.85. The second kappa shape index (κ2) is 5.42. The molecular formula is C13H19N3O3. The van der Waals surface area contributed by atoms with E-state index in [0.717, 1.165) is 30.3 Å². The normalized spacial score (nSPS) is 23.4. The van der Waals surface area contributed by atoms with E-state index >= 15 is 0 Å². The number of hydrogen-bond donors (Lipinski definition) is 1. The molecule has 104 valence electrons. The van der Waals surface area contributed by atoms with Crippen molar-refractivity contribution in [1.82, 2.24) is 14.7 Å². The van der Waals surface area contributed by atoms with Gasteiger partial charge in [-0.25, -0.2) is 4.68 Å². The molecule has 2 atom stereocenters. The molecule has 0 saturated carbocycles. The second-order valence-electron chi connectivity index (χ2n) is 5.48. The Morgan fingerprint density at radius 2 is 1.89 bits per heavy atom. The summed E-state index contributed by atoms with van der Waals surface area (Å²) in [6.07, 6.45) is 1.12. The van der Waals surface area contributed by atoms with E-state index < -0.39 is 0 Å². The monoisotopic (exact) mass is 265 g/mol. The summed E-state index contributed by atoms with van der Waals surface area (Å²) in [4.78, 5) is 36.6. The lowest BCUT2D eigenvalue weighted by Crippen LogP contribution is -2.45. The summed E-state index contributed by atoms with van der Waals surface area (Å²) in [5.41, 5.74) is -0.751. The molecule has 6 heteroatoms. The Morgan fingerprint density at radius 3 is 2.53 bits per heavy atom. The third-order valence-corrected chi connectivity index (χ3v) is 3.40. The SMILES string of the molecule is C[C@H]1C[C@H](C)CN(C(=O)Cn2[nH]c(=O)ccc2=O)C1. The molecule has 1 aliphatic rings. The van der Waals surface area contributed by atoms with Gasteiger partial charge in [-0.1, -0.05) is 13.8 Å². The van der Waals surface area contributed by atoms with Crippen LogP contribution in [0.4, 0.5) is 0 Å². The summed E-state index contributed by atoms with van der Waals surface area (Å²) in [5.74, 6) is 0.820. The third-order valence-electron chi connectivity index (χ3n) is 3.40. The molecule has 19 heavy (non-hydrogen) atoms. The van der Waals surface area contributed by atoms with Gasteiger partial charge in [-0.15, -0.1) is 0 Å². The van der Waals surface area contributed by atoms with E-state index in [0.29, 0.717) is 11.8 Å². The number of carbonyl (C=O) groups is 1. The van der Waals surface area contributed by atoms with Crippen LogP contribution in [-0.4, -0.2) is 33.7 Å². The third kappa shape index (κ3) is 3.33. The maximum atomic E-state index is 12.2. The fraction of sp³-hybridized carbons (Fsp3) is 0.615. The van der Waals surface area contributed by atoms with Crippen LogP contribution in [0.3, 0.4) is 0 Å². The van der Waals surface area contributed by atoms with Gasteiger partial charge >= 0.3 is 0 Å². The van der Waals surface area contributed by atoms with E-state index in [4.69, 9.17) is 0 Å². The summed E-state index contributed by atoms with van der Waals surface area (Å²) in [7, 11) is 0. The number of nitrogens with zero attached hydrogens (tertiary/aromatic N) is 2. The Bertz CT molecular complexity index is 565. The first kappa shape index (κ1) is 13.6. The first-order valence-electron chi connectivity index (χ1n) is 6.53. The Kier molecular flexibility index (Phi) is 3.87. The van der Waals surface area contributed by atoms with Crippen molar-refractivity contribution in [2.24, 2.45) is 11.8 Å². The molecule has 0 radical (unpaired) electrons. The fourth-order valence-electron chi connectivity index (χ4n) is 2.68. The van der Waals surface area contributed by atoms with Crippen molar-refractivity contribution in [3.05, 3.63) is 32.8 Å². The number of H-pyrrole nitrogens is 1. The van der Waals surface area contributed by atoms with Crippen molar-refractivity contribution in [3.8, 4) is 0 Å². The zero-order valence-electron chi connectivity index (χ0n) is 11.3. The number of carbonyl (C=O) groups excluding carboxylic acids is 1. The number of rotatable bonds is 2. The van der Waals surface area contributed by atoms with Crippen LogP contribution in [0.5, 0.6) is 0 Å². The van der Waals surface area contributed by atoms with Crippen LogP contribution < -0.4 is 11.1 Å². The summed E-state index contributed by atoms with van der Waals surface area (Å²) < 4.78 is 1.06. The number of hydrogen-bond acceptors (Lipinski definition) is 3. The second-order valence-corrected chi connectivity index (χ2v) is 5.48. The van der Waals surface area contributed by atoms with E-state index in [-0.39, 0.29) is 23.6 Å². The van der Waals surface area contributed by atoms with Gasteiger partial charge in [-0.05, 0) is 18.3 Å². The van der Waals surface area contributed by atoms with Crippen molar-refractivity contribution in [2.45, 2.75) is 26.8 Å². The Labute approximate surface area is 111 Å². The molecule has 1 fully saturated rings. The zero-order valence-corrected chi connectivity index (χ0v) is 11.3. The molecule has 1 amide bonds. The topological polar surface area (TPSA) is 75.2 Å². The van der Waals surface area contributed by atoms with Crippen molar-refractivity contribution in [2.75, 3.05) is 13.1 Å². The number of amides is 1. The van der Waals surface area contributed by atoms with Crippen LogP contribution in [0.2, 0.25) is 0 Å². The first-order chi connectivity index (χ1) is 8.95. The molecule has 0 unspecified atom stereocenters. The highest BCUT2D eigenvalue weighted by Gasteiger charge is 2.25. The molecule has 2 heterocycles. The molecule has 0 aromatic carbocycles. The summed E-state index contributed by atoms with van der Waals surface area (Å²) in [6, 6.07) is 2.34. The zero-order chi connectivity index (χ0) is 14.0. The van der Waals surface area contributed by atoms with Crippen LogP contribution in [0.15, 0.2) is 21.7 Å². The molecule has 6 nitrogen and oxygen atoms in total. The fourth-order valence-corrected chi connectivity index (χ4v) is 2.68. The van der Waals surface area contributed by atoms with E-state index in [1.165, 1.54) is 6.07 Å². The van der Waals surface area contributed by atoms with Crippen molar-refractivity contribution < 1.29 is 4.79 Å². The minimum atomic E-state index is -0.382. The quantitative estimate of drug-likeness (QED) is 0.820.